The van der Waals surface area contributed by atoms with Crippen LogP contribution in [0.1, 0.15) is 12.8 Å². The monoisotopic (exact) mass is 168 g/mol. The molecule has 0 spiro atoms. The minimum atomic E-state index is 0.623. The molecule has 66 valence electrons. The molecule has 0 aliphatic carbocycles. The summed E-state index contributed by atoms with van der Waals surface area (Å²) in [5.74, 6) is 0. The minimum Gasteiger partial charge on any atom is -0.341 e. The molecular weight excluding hydrogens is 152 g/mol. The predicted octanol–water partition coefficient (Wildman–Crippen LogP) is -2.06. The molecule has 0 aliphatic heterocycles. The second-order valence-electron chi connectivity index (χ2n) is 2.55. The summed E-state index contributed by atoms with van der Waals surface area (Å²) in [5, 5.41) is 20.7. The van der Waals surface area contributed by atoms with E-state index in [1.165, 1.54) is 0 Å². The van der Waals surface area contributed by atoms with Crippen LogP contribution in [0, 0.1) is 22.7 Å². The van der Waals surface area contributed by atoms with Gasteiger partial charge in [0.1, 0.15) is 13.1 Å². The molecular formula is C8H16N4+2. The zero-order chi connectivity index (χ0) is 9.07. The van der Waals surface area contributed by atoms with Crippen molar-refractivity contribution in [1.82, 2.24) is 0 Å². The molecule has 12 heavy (non-hydrogen) atoms. The standard InChI is InChI=1S/C8H14N4/c9-3-1-5-11-7-8-12-6-2-4-10/h11-12H,1-2,5-8H2/p+2. The van der Waals surface area contributed by atoms with E-state index in [2.05, 4.69) is 22.8 Å². The van der Waals surface area contributed by atoms with Gasteiger partial charge in [0.15, 0.2) is 0 Å². The van der Waals surface area contributed by atoms with Crippen LogP contribution in [-0.2, 0) is 0 Å². The van der Waals surface area contributed by atoms with Gasteiger partial charge in [-0.25, -0.2) is 0 Å². The zero-order valence-corrected chi connectivity index (χ0v) is 7.29. The second-order valence-corrected chi connectivity index (χ2v) is 2.55. The molecule has 0 saturated heterocycles. The smallest absolute Gasteiger partial charge is 0.125 e. The molecule has 0 aliphatic rings. The van der Waals surface area contributed by atoms with E-state index in [4.69, 9.17) is 10.5 Å². The highest BCUT2D eigenvalue weighted by molar-refractivity contribution is 4.66. The Bertz CT molecular complexity index is 145. The van der Waals surface area contributed by atoms with E-state index in [9.17, 15) is 0 Å². The number of quaternary nitrogens is 2. The van der Waals surface area contributed by atoms with Gasteiger partial charge >= 0.3 is 0 Å². The molecule has 4 nitrogen and oxygen atoms in total. The van der Waals surface area contributed by atoms with Gasteiger partial charge in [0, 0.05) is 0 Å². The van der Waals surface area contributed by atoms with Crippen molar-refractivity contribution in [2.45, 2.75) is 12.8 Å². The van der Waals surface area contributed by atoms with Crippen LogP contribution in [0.5, 0.6) is 0 Å². The molecule has 0 aromatic heterocycles. The zero-order valence-electron chi connectivity index (χ0n) is 7.29. The summed E-state index contributed by atoms with van der Waals surface area (Å²) in [5.41, 5.74) is 0. The molecule has 4 N–H and O–H groups in total. The molecule has 0 atom stereocenters. The molecule has 4 heteroatoms. The lowest BCUT2D eigenvalue weighted by Crippen LogP contribution is -2.94. The Morgan fingerprint density at radius 3 is 1.50 bits per heavy atom. The summed E-state index contributed by atoms with van der Waals surface area (Å²) < 4.78 is 0. The Hall–Kier alpha value is -1.10. The number of hydrogen-bond acceptors (Lipinski definition) is 2. The summed E-state index contributed by atoms with van der Waals surface area (Å²) in [4.78, 5) is 0. The van der Waals surface area contributed by atoms with E-state index >= 15 is 0 Å². The van der Waals surface area contributed by atoms with E-state index in [0.717, 1.165) is 26.2 Å². The van der Waals surface area contributed by atoms with Gasteiger partial charge in [0.2, 0.25) is 0 Å². The van der Waals surface area contributed by atoms with E-state index in [0.29, 0.717) is 12.8 Å². The molecule has 0 heterocycles. The normalized spacial score (nSPS) is 8.83. The highest BCUT2D eigenvalue weighted by atomic mass is 14.9. The topological polar surface area (TPSA) is 80.8 Å². The SMILES string of the molecule is N#CCC[NH2+]CC[NH2+]CCC#N. The van der Waals surface area contributed by atoms with Crippen LogP contribution in [0.2, 0.25) is 0 Å². The molecule has 0 amide bonds. The molecule has 0 rings (SSSR count). The van der Waals surface area contributed by atoms with E-state index in [1.807, 2.05) is 0 Å². The maximum Gasteiger partial charge on any atom is 0.125 e. The summed E-state index contributed by atoms with van der Waals surface area (Å²) >= 11 is 0. The Morgan fingerprint density at radius 2 is 1.17 bits per heavy atom. The Morgan fingerprint density at radius 1 is 0.750 bits per heavy atom. The predicted molar refractivity (Wildman–Crippen MR) is 43.8 cm³/mol. The van der Waals surface area contributed by atoms with Crippen molar-refractivity contribution >= 4 is 0 Å². The van der Waals surface area contributed by atoms with Crippen LogP contribution in [0.25, 0.3) is 0 Å². The highest BCUT2D eigenvalue weighted by Crippen LogP contribution is 1.60. The van der Waals surface area contributed by atoms with Gasteiger partial charge in [-0.15, -0.1) is 0 Å². The third kappa shape index (κ3) is 8.90. The maximum absolute atomic E-state index is 8.23. The van der Waals surface area contributed by atoms with Crippen molar-refractivity contribution in [3.05, 3.63) is 0 Å². The highest BCUT2D eigenvalue weighted by Gasteiger charge is 1.92. The summed E-state index contributed by atoms with van der Waals surface area (Å²) in [6, 6.07) is 4.19. The van der Waals surface area contributed by atoms with Crippen molar-refractivity contribution in [1.29, 1.82) is 10.5 Å². The molecule has 0 unspecified atom stereocenters. The van der Waals surface area contributed by atoms with Crippen LogP contribution in [0.3, 0.4) is 0 Å². The number of hydrogen-bond donors (Lipinski definition) is 2. The van der Waals surface area contributed by atoms with Gasteiger partial charge < -0.3 is 10.6 Å². The first-order valence-electron chi connectivity index (χ1n) is 4.29. The molecule has 0 bridgehead atoms. The first-order chi connectivity index (χ1) is 5.91. The largest absolute Gasteiger partial charge is 0.341 e. The van der Waals surface area contributed by atoms with Crippen molar-refractivity contribution < 1.29 is 10.6 Å². The lowest BCUT2D eigenvalue weighted by Gasteiger charge is -1.97. The average molecular weight is 168 g/mol. The molecule has 0 aromatic rings. The minimum absolute atomic E-state index is 0.623. The Kier molecular flexibility index (Phi) is 8.99. The van der Waals surface area contributed by atoms with Gasteiger partial charge in [-0.2, -0.15) is 10.5 Å². The van der Waals surface area contributed by atoms with Crippen molar-refractivity contribution in [2.75, 3.05) is 26.2 Å². The van der Waals surface area contributed by atoms with E-state index in [-0.39, 0.29) is 0 Å². The number of nitrogens with zero attached hydrogens (tertiary/aromatic N) is 2. The third-order valence-corrected chi connectivity index (χ3v) is 1.50. The van der Waals surface area contributed by atoms with Crippen molar-refractivity contribution in [3.63, 3.8) is 0 Å². The number of nitriles is 2. The lowest BCUT2D eigenvalue weighted by molar-refractivity contribution is -0.722. The van der Waals surface area contributed by atoms with Gasteiger partial charge in [0.05, 0.1) is 38.1 Å². The summed E-state index contributed by atoms with van der Waals surface area (Å²) in [6.45, 7) is 3.85. The van der Waals surface area contributed by atoms with E-state index < -0.39 is 0 Å². The van der Waals surface area contributed by atoms with Crippen LogP contribution >= 0.6 is 0 Å². The number of rotatable bonds is 7. The Balaban J connectivity index is 2.84. The fourth-order valence-electron chi connectivity index (χ4n) is 0.858. The average Bonchev–Trinajstić information content (AvgIpc) is 2.10. The van der Waals surface area contributed by atoms with Gasteiger partial charge in [-0.3, -0.25) is 0 Å². The van der Waals surface area contributed by atoms with Crippen molar-refractivity contribution in [3.8, 4) is 12.1 Å². The molecule has 0 aromatic carbocycles. The van der Waals surface area contributed by atoms with Crippen molar-refractivity contribution in [2.24, 2.45) is 0 Å². The Labute approximate surface area is 73.2 Å². The van der Waals surface area contributed by atoms with Gasteiger partial charge in [0.25, 0.3) is 0 Å². The third-order valence-electron chi connectivity index (χ3n) is 1.50. The van der Waals surface area contributed by atoms with Crippen LogP contribution < -0.4 is 10.6 Å². The summed E-state index contributed by atoms with van der Waals surface area (Å²) in [6.07, 6.45) is 1.25. The maximum atomic E-state index is 8.23. The quantitative estimate of drug-likeness (QED) is 0.429. The van der Waals surface area contributed by atoms with E-state index in [1.54, 1.807) is 0 Å². The fraction of sp³-hybridized carbons (Fsp3) is 0.750. The first-order valence-corrected chi connectivity index (χ1v) is 4.29. The lowest BCUT2D eigenvalue weighted by atomic mass is 10.4. The van der Waals surface area contributed by atoms with Crippen LogP contribution in [0.4, 0.5) is 0 Å². The second kappa shape index (κ2) is 9.90. The first kappa shape index (κ1) is 10.9. The van der Waals surface area contributed by atoms with Crippen LogP contribution in [0.15, 0.2) is 0 Å². The van der Waals surface area contributed by atoms with Gasteiger partial charge in [-0.05, 0) is 0 Å². The molecule has 0 radical (unpaired) electrons. The fourth-order valence-corrected chi connectivity index (χ4v) is 0.858. The van der Waals surface area contributed by atoms with Gasteiger partial charge in [-0.1, -0.05) is 0 Å². The summed E-state index contributed by atoms with van der Waals surface area (Å²) in [7, 11) is 0. The molecule has 0 saturated carbocycles. The number of nitrogens with two attached hydrogens (primary N) is 2. The van der Waals surface area contributed by atoms with Crippen LogP contribution in [-0.4, -0.2) is 26.2 Å². The molecule has 0 fully saturated rings.